The molecule has 0 N–H and O–H groups in total. The molecule has 162 valence electrons. The van der Waals surface area contributed by atoms with Gasteiger partial charge in [-0.05, 0) is 101 Å². The van der Waals surface area contributed by atoms with Crippen LogP contribution in [0.4, 0.5) is 8.78 Å². The highest BCUT2D eigenvalue weighted by atomic mass is 19.3. The monoisotopic (exact) mass is 400 g/mol. The molecule has 28 heavy (non-hydrogen) atoms. The van der Waals surface area contributed by atoms with Crippen molar-refractivity contribution in [1.82, 2.24) is 0 Å². The number of methoxy groups -OCH3 is 1. The summed E-state index contributed by atoms with van der Waals surface area (Å²) in [6, 6.07) is 0. The minimum Gasteiger partial charge on any atom is -0.381 e. The third-order valence-corrected chi connectivity index (χ3v) is 7.21. The Morgan fingerprint density at radius 3 is 2.25 bits per heavy atom. The van der Waals surface area contributed by atoms with Gasteiger partial charge in [-0.2, -0.15) is 8.78 Å². The van der Waals surface area contributed by atoms with Crippen LogP contribution in [0.25, 0.3) is 0 Å². The first-order valence-electron chi connectivity index (χ1n) is 11.4. The molecule has 3 rings (SSSR count). The Morgan fingerprint density at radius 1 is 0.929 bits per heavy atom. The average Bonchev–Trinajstić information content (AvgIpc) is 2.72. The lowest BCUT2D eigenvalue weighted by Gasteiger charge is -2.37. The molecule has 1 heterocycles. The standard InChI is InChI=1S/C23H38F2O3/c1-26-20-10-6-17(7-11-20)3-2-14-27-21-12-13-22(28-16-21)19-8-4-18(5-9-19)15-23(24)25/h15,17-22H,2-14,16H2,1H3. The van der Waals surface area contributed by atoms with E-state index >= 15 is 0 Å². The molecule has 2 aliphatic carbocycles. The summed E-state index contributed by atoms with van der Waals surface area (Å²) in [6.45, 7) is 1.54. The van der Waals surface area contributed by atoms with E-state index in [0.29, 0.717) is 24.7 Å². The molecular weight excluding hydrogens is 362 g/mol. The highest BCUT2D eigenvalue weighted by molar-refractivity contribution is 4.92. The summed E-state index contributed by atoms with van der Waals surface area (Å²) in [4.78, 5) is 0. The number of ether oxygens (including phenoxy) is 3. The van der Waals surface area contributed by atoms with E-state index in [1.807, 2.05) is 7.11 Å². The molecule has 0 radical (unpaired) electrons. The van der Waals surface area contributed by atoms with Crippen molar-refractivity contribution in [2.24, 2.45) is 17.8 Å². The molecule has 1 saturated heterocycles. The predicted molar refractivity (Wildman–Crippen MR) is 106 cm³/mol. The number of rotatable bonds is 8. The topological polar surface area (TPSA) is 27.7 Å². The van der Waals surface area contributed by atoms with E-state index in [2.05, 4.69) is 0 Å². The second kappa shape index (κ2) is 11.6. The lowest BCUT2D eigenvalue weighted by Crippen LogP contribution is -2.37. The fourth-order valence-corrected chi connectivity index (χ4v) is 5.39. The summed E-state index contributed by atoms with van der Waals surface area (Å²) in [5.41, 5.74) is 0. The first-order chi connectivity index (χ1) is 13.6. The summed E-state index contributed by atoms with van der Waals surface area (Å²) < 4.78 is 42.4. The van der Waals surface area contributed by atoms with E-state index in [9.17, 15) is 8.78 Å². The quantitative estimate of drug-likeness (QED) is 0.459. The Hall–Kier alpha value is -0.520. The lowest BCUT2D eigenvalue weighted by molar-refractivity contribution is -0.108. The van der Waals surface area contributed by atoms with Gasteiger partial charge in [0.15, 0.2) is 0 Å². The van der Waals surface area contributed by atoms with Gasteiger partial charge in [0.1, 0.15) is 0 Å². The van der Waals surface area contributed by atoms with Crippen LogP contribution in [0, 0.1) is 17.8 Å². The maximum atomic E-state index is 12.4. The number of allylic oxidation sites excluding steroid dienone is 1. The van der Waals surface area contributed by atoms with Gasteiger partial charge in [0.25, 0.3) is 6.08 Å². The van der Waals surface area contributed by atoms with Gasteiger partial charge in [-0.15, -0.1) is 0 Å². The molecule has 5 heteroatoms. The van der Waals surface area contributed by atoms with Crippen LogP contribution < -0.4 is 0 Å². The second-order valence-corrected chi connectivity index (χ2v) is 9.09. The molecule has 0 aromatic rings. The van der Waals surface area contributed by atoms with Crippen molar-refractivity contribution in [3.8, 4) is 0 Å². The zero-order chi connectivity index (χ0) is 19.8. The zero-order valence-electron chi connectivity index (χ0n) is 17.4. The summed E-state index contributed by atoms with van der Waals surface area (Å²) in [5, 5.41) is 0. The van der Waals surface area contributed by atoms with Gasteiger partial charge in [0.05, 0.1) is 24.9 Å². The highest BCUT2D eigenvalue weighted by Gasteiger charge is 2.31. The molecule has 2 atom stereocenters. The van der Waals surface area contributed by atoms with Crippen LogP contribution in [0.15, 0.2) is 12.2 Å². The minimum absolute atomic E-state index is 0.0606. The SMILES string of the molecule is COC1CCC(CCCOC2CCC(C3CCC(C=C(F)F)CC3)OC2)CC1. The normalized spacial score (nSPS) is 36.8. The van der Waals surface area contributed by atoms with E-state index in [1.54, 1.807) is 0 Å². The van der Waals surface area contributed by atoms with Crippen LogP contribution >= 0.6 is 0 Å². The van der Waals surface area contributed by atoms with Crippen molar-refractivity contribution in [1.29, 1.82) is 0 Å². The smallest absolute Gasteiger partial charge is 0.266 e. The average molecular weight is 401 g/mol. The number of hydrogen-bond donors (Lipinski definition) is 0. The van der Waals surface area contributed by atoms with Crippen LogP contribution in [0.5, 0.6) is 0 Å². The summed E-state index contributed by atoms with van der Waals surface area (Å²) in [7, 11) is 1.83. The molecule has 0 aromatic carbocycles. The van der Waals surface area contributed by atoms with E-state index in [-0.39, 0.29) is 12.0 Å². The zero-order valence-corrected chi connectivity index (χ0v) is 17.4. The van der Waals surface area contributed by atoms with Crippen LogP contribution in [0.1, 0.15) is 77.0 Å². The largest absolute Gasteiger partial charge is 0.381 e. The third kappa shape index (κ3) is 7.07. The van der Waals surface area contributed by atoms with E-state index in [4.69, 9.17) is 14.2 Å². The fourth-order valence-electron chi connectivity index (χ4n) is 5.39. The molecule has 3 aliphatic rings. The molecule has 0 aromatic heterocycles. The molecule has 0 bridgehead atoms. The van der Waals surface area contributed by atoms with Crippen molar-refractivity contribution in [2.45, 2.75) is 95.4 Å². The van der Waals surface area contributed by atoms with Crippen molar-refractivity contribution < 1.29 is 23.0 Å². The van der Waals surface area contributed by atoms with Crippen molar-refractivity contribution >= 4 is 0 Å². The molecular formula is C23H38F2O3. The minimum atomic E-state index is -1.53. The third-order valence-electron chi connectivity index (χ3n) is 7.21. The van der Waals surface area contributed by atoms with Crippen LogP contribution in [0.3, 0.4) is 0 Å². The summed E-state index contributed by atoms with van der Waals surface area (Å²) in [5.74, 6) is 1.44. The van der Waals surface area contributed by atoms with Crippen molar-refractivity contribution in [2.75, 3.05) is 20.3 Å². The van der Waals surface area contributed by atoms with Gasteiger partial charge in [-0.25, -0.2) is 0 Å². The van der Waals surface area contributed by atoms with Crippen LogP contribution in [-0.2, 0) is 14.2 Å². The van der Waals surface area contributed by atoms with E-state index in [1.165, 1.54) is 32.1 Å². The first-order valence-corrected chi connectivity index (χ1v) is 11.4. The van der Waals surface area contributed by atoms with Crippen molar-refractivity contribution in [3.05, 3.63) is 12.2 Å². The molecule has 3 fully saturated rings. The maximum absolute atomic E-state index is 12.4. The molecule has 2 saturated carbocycles. The van der Waals surface area contributed by atoms with E-state index < -0.39 is 6.08 Å². The number of halogens is 2. The summed E-state index contributed by atoms with van der Waals surface area (Å²) in [6.07, 6.45) is 13.9. The van der Waals surface area contributed by atoms with Crippen molar-refractivity contribution in [3.63, 3.8) is 0 Å². The Morgan fingerprint density at radius 2 is 1.64 bits per heavy atom. The molecule has 0 spiro atoms. The summed E-state index contributed by atoms with van der Waals surface area (Å²) >= 11 is 0. The van der Waals surface area contributed by atoms with Crippen LogP contribution in [0.2, 0.25) is 0 Å². The molecule has 2 unspecified atom stereocenters. The van der Waals surface area contributed by atoms with Gasteiger partial charge >= 0.3 is 0 Å². The number of hydrogen-bond acceptors (Lipinski definition) is 3. The molecule has 0 amide bonds. The maximum Gasteiger partial charge on any atom is 0.266 e. The Balaban J connectivity index is 1.23. The van der Waals surface area contributed by atoms with Gasteiger partial charge in [0, 0.05) is 13.7 Å². The Bertz CT molecular complexity index is 456. The Kier molecular flexibility index (Phi) is 9.19. The highest BCUT2D eigenvalue weighted by Crippen LogP contribution is 2.36. The molecule has 3 nitrogen and oxygen atoms in total. The van der Waals surface area contributed by atoms with Gasteiger partial charge in [-0.1, -0.05) is 0 Å². The lowest BCUT2D eigenvalue weighted by atomic mass is 9.78. The van der Waals surface area contributed by atoms with E-state index in [0.717, 1.165) is 63.5 Å². The predicted octanol–water partition coefficient (Wildman–Crippen LogP) is 6.12. The van der Waals surface area contributed by atoms with Gasteiger partial charge < -0.3 is 14.2 Å². The molecule has 1 aliphatic heterocycles. The fraction of sp³-hybridized carbons (Fsp3) is 0.913. The second-order valence-electron chi connectivity index (χ2n) is 9.09. The van der Waals surface area contributed by atoms with Crippen LogP contribution in [-0.4, -0.2) is 38.6 Å². The first kappa shape index (κ1) is 22.2. The van der Waals surface area contributed by atoms with Gasteiger partial charge in [0.2, 0.25) is 0 Å². The Labute approximate surface area is 169 Å². The van der Waals surface area contributed by atoms with Gasteiger partial charge in [-0.3, -0.25) is 0 Å².